The molecule has 1 N–H and O–H groups in total. The van der Waals surface area contributed by atoms with Crippen LogP contribution in [0.1, 0.15) is 5.56 Å². The number of rotatable bonds is 8. The van der Waals surface area contributed by atoms with Crippen LogP contribution in [0.4, 0.5) is 0 Å². The number of hydrogen-bond donors (Lipinski definition) is 1. The van der Waals surface area contributed by atoms with Gasteiger partial charge in [-0.2, -0.15) is 0 Å². The summed E-state index contributed by atoms with van der Waals surface area (Å²) in [6.07, 6.45) is 3.84. The van der Waals surface area contributed by atoms with Gasteiger partial charge >= 0.3 is 5.97 Å². The van der Waals surface area contributed by atoms with Gasteiger partial charge in [0.05, 0.1) is 26.2 Å². The molecule has 5 nitrogen and oxygen atoms in total. The fourth-order valence-electron chi connectivity index (χ4n) is 1.14. The molecule has 90 valence electrons. The smallest absolute Gasteiger partial charge is 0.310 e. The minimum atomic E-state index is -0.241. The normalized spacial score (nSPS) is 10.3. The van der Waals surface area contributed by atoms with Gasteiger partial charge in [-0.1, -0.05) is 0 Å². The lowest BCUT2D eigenvalue weighted by Gasteiger charge is -2.05. The van der Waals surface area contributed by atoms with Crippen LogP contribution in [0.5, 0.6) is 0 Å². The lowest BCUT2D eigenvalue weighted by atomic mass is 10.2. The Morgan fingerprint density at radius 3 is 2.81 bits per heavy atom. The van der Waals surface area contributed by atoms with Crippen LogP contribution in [-0.4, -0.2) is 44.5 Å². The Labute approximate surface area is 94.7 Å². The van der Waals surface area contributed by atoms with Gasteiger partial charge in [-0.15, -0.1) is 0 Å². The van der Waals surface area contributed by atoms with Gasteiger partial charge in [-0.3, -0.25) is 4.79 Å². The molecule has 0 radical (unpaired) electrons. The van der Waals surface area contributed by atoms with Crippen LogP contribution in [-0.2, 0) is 25.4 Å². The maximum absolute atomic E-state index is 11.3. The third-order valence-corrected chi connectivity index (χ3v) is 1.93. The third kappa shape index (κ3) is 5.53. The van der Waals surface area contributed by atoms with Crippen molar-refractivity contribution >= 4 is 5.97 Å². The van der Waals surface area contributed by atoms with Gasteiger partial charge < -0.3 is 19.2 Å². The zero-order valence-corrected chi connectivity index (χ0v) is 9.40. The molecule has 1 aromatic heterocycles. The number of ether oxygens (including phenoxy) is 3. The molecule has 16 heavy (non-hydrogen) atoms. The number of carbonyl (C=O) groups is 1. The van der Waals surface area contributed by atoms with Gasteiger partial charge in [0, 0.05) is 19.5 Å². The van der Waals surface area contributed by atoms with E-state index in [-0.39, 0.29) is 12.6 Å². The van der Waals surface area contributed by atoms with Gasteiger partial charge in [-0.25, -0.2) is 0 Å². The van der Waals surface area contributed by atoms with Crippen LogP contribution in [0.15, 0.2) is 18.5 Å². The first-order valence-electron chi connectivity index (χ1n) is 5.17. The lowest BCUT2D eigenvalue weighted by molar-refractivity contribution is -0.144. The topological polar surface area (TPSA) is 60.6 Å². The molecule has 0 unspecified atom stereocenters. The van der Waals surface area contributed by atoms with Crippen molar-refractivity contribution in [1.29, 1.82) is 0 Å². The van der Waals surface area contributed by atoms with Crippen LogP contribution >= 0.6 is 0 Å². The largest absolute Gasteiger partial charge is 0.463 e. The van der Waals surface area contributed by atoms with E-state index in [1.807, 2.05) is 6.07 Å². The molecule has 0 fully saturated rings. The van der Waals surface area contributed by atoms with E-state index >= 15 is 0 Å². The molecule has 1 aromatic rings. The monoisotopic (exact) mass is 227 g/mol. The van der Waals surface area contributed by atoms with Crippen molar-refractivity contribution in [1.82, 2.24) is 4.98 Å². The summed E-state index contributed by atoms with van der Waals surface area (Å²) in [5.74, 6) is -0.241. The second-order valence-corrected chi connectivity index (χ2v) is 3.22. The summed E-state index contributed by atoms with van der Waals surface area (Å²) < 4.78 is 14.9. The van der Waals surface area contributed by atoms with E-state index in [4.69, 9.17) is 14.2 Å². The molecule has 0 bridgehead atoms. The number of aromatic nitrogens is 1. The summed E-state index contributed by atoms with van der Waals surface area (Å²) >= 11 is 0. The third-order valence-electron chi connectivity index (χ3n) is 1.93. The zero-order chi connectivity index (χ0) is 11.6. The summed E-state index contributed by atoms with van der Waals surface area (Å²) in [4.78, 5) is 14.2. The fourth-order valence-corrected chi connectivity index (χ4v) is 1.14. The maximum Gasteiger partial charge on any atom is 0.310 e. The summed E-state index contributed by atoms with van der Waals surface area (Å²) in [5.41, 5.74) is 0.922. The van der Waals surface area contributed by atoms with Gasteiger partial charge in [0.15, 0.2) is 0 Å². The highest BCUT2D eigenvalue weighted by Gasteiger charge is 2.04. The first-order chi connectivity index (χ1) is 7.83. The second-order valence-electron chi connectivity index (χ2n) is 3.22. The molecule has 0 amide bonds. The predicted molar refractivity (Wildman–Crippen MR) is 58.2 cm³/mol. The Bertz CT molecular complexity index is 284. The highest BCUT2D eigenvalue weighted by molar-refractivity contribution is 5.72. The molecule has 0 spiro atoms. The van der Waals surface area contributed by atoms with Crippen molar-refractivity contribution in [2.75, 3.05) is 33.5 Å². The van der Waals surface area contributed by atoms with Crippen molar-refractivity contribution < 1.29 is 19.0 Å². The molecule has 0 aromatic carbocycles. The van der Waals surface area contributed by atoms with E-state index in [0.717, 1.165) is 5.56 Å². The molecule has 5 heteroatoms. The summed E-state index contributed by atoms with van der Waals surface area (Å²) in [7, 11) is 1.61. The number of nitrogens with one attached hydrogen (secondary N) is 1. The van der Waals surface area contributed by atoms with Crippen molar-refractivity contribution in [3.63, 3.8) is 0 Å². The lowest BCUT2D eigenvalue weighted by Crippen LogP contribution is -2.13. The van der Waals surface area contributed by atoms with Crippen LogP contribution in [0.25, 0.3) is 0 Å². The van der Waals surface area contributed by atoms with E-state index in [0.29, 0.717) is 26.2 Å². The molecule has 0 saturated carbocycles. The van der Waals surface area contributed by atoms with Crippen molar-refractivity contribution in [3.05, 3.63) is 24.0 Å². The molecular weight excluding hydrogens is 210 g/mol. The van der Waals surface area contributed by atoms with Crippen LogP contribution < -0.4 is 0 Å². The van der Waals surface area contributed by atoms with Crippen LogP contribution in [0.3, 0.4) is 0 Å². The molecule has 0 aliphatic rings. The number of carbonyl (C=O) groups excluding carboxylic acids is 1. The number of H-pyrrole nitrogens is 1. The van der Waals surface area contributed by atoms with E-state index in [9.17, 15) is 4.79 Å². The maximum atomic E-state index is 11.3. The van der Waals surface area contributed by atoms with Crippen LogP contribution in [0, 0.1) is 0 Å². The van der Waals surface area contributed by atoms with Crippen molar-refractivity contribution in [2.24, 2.45) is 0 Å². The van der Waals surface area contributed by atoms with Gasteiger partial charge in [-0.05, 0) is 11.6 Å². The Hall–Kier alpha value is -1.33. The van der Waals surface area contributed by atoms with Crippen LogP contribution in [0.2, 0.25) is 0 Å². The molecule has 1 rings (SSSR count). The zero-order valence-electron chi connectivity index (χ0n) is 9.40. The first-order valence-corrected chi connectivity index (χ1v) is 5.17. The van der Waals surface area contributed by atoms with Crippen molar-refractivity contribution in [3.8, 4) is 0 Å². The average Bonchev–Trinajstić information content (AvgIpc) is 2.76. The summed E-state index contributed by atoms with van der Waals surface area (Å²) in [6.45, 7) is 1.76. The Balaban J connectivity index is 1.98. The number of methoxy groups -OCH3 is 1. The standard InChI is InChI=1S/C11H17NO4/c1-14-4-5-15-6-7-16-11(13)8-10-2-3-12-9-10/h2-3,9,12H,4-8H2,1H3. The number of esters is 1. The molecular formula is C11H17NO4. The highest BCUT2D eigenvalue weighted by atomic mass is 16.6. The Morgan fingerprint density at radius 1 is 1.31 bits per heavy atom. The summed E-state index contributed by atoms with van der Waals surface area (Å²) in [5, 5.41) is 0. The fraction of sp³-hybridized carbons (Fsp3) is 0.545. The molecule has 0 atom stereocenters. The summed E-state index contributed by atoms with van der Waals surface area (Å²) in [6, 6.07) is 1.84. The van der Waals surface area contributed by atoms with E-state index < -0.39 is 0 Å². The quantitative estimate of drug-likeness (QED) is 0.526. The highest BCUT2D eigenvalue weighted by Crippen LogP contribution is 1.98. The SMILES string of the molecule is COCCOCCOC(=O)Cc1cc[nH]c1. The van der Waals surface area contributed by atoms with Gasteiger partial charge in [0.1, 0.15) is 6.61 Å². The minimum Gasteiger partial charge on any atom is -0.463 e. The molecule has 0 saturated heterocycles. The minimum absolute atomic E-state index is 0.241. The number of hydrogen-bond acceptors (Lipinski definition) is 4. The van der Waals surface area contributed by atoms with E-state index in [2.05, 4.69) is 4.98 Å². The van der Waals surface area contributed by atoms with Gasteiger partial charge in [0.2, 0.25) is 0 Å². The second kappa shape index (κ2) is 7.90. The predicted octanol–water partition coefficient (Wildman–Crippen LogP) is 0.763. The van der Waals surface area contributed by atoms with E-state index in [1.165, 1.54) is 0 Å². The van der Waals surface area contributed by atoms with E-state index in [1.54, 1.807) is 19.5 Å². The van der Waals surface area contributed by atoms with Gasteiger partial charge in [0.25, 0.3) is 0 Å². The first kappa shape index (κ1) is 12.7. The molecule has 1 heterocycles. The van der Waals surface area contributed by atoms with Crippen molar-refractivity contribution in [2.45, 2.75) is 6.42 Å². The number of aromatic amines is 1. The Morgan fingerprint density at radius 2 is 2.12 bits per heavy atom. The molecule has 0 aliphatic heterocycles. The molecule has 0 aliphatic carbocycles. The average molecular weight is 227 g/mol. The Kier molecular flexibility index (Phi) is 6.29.